The van der Waals surface area contributed by atoms with Crippen LogP contribution < -0.4 is 14.5 Å². The van der Waals surface area contributed by atoms with E-state index in [0.29, 0.717) is 54.8 Å². The Morgan fingerprint density at radius 2 is 1.89 bits per heavy atom. The molecule has 0 radical (unpaired) electrons. The van der Waals surface area contributed by atoms with Crippen molar-refractivity contribution < 1.29 is 36.2 Å². The molecule has 2 saturated heterocycles. The lowest BCUT2D eigenvalue weighted by Crippen LogP contribution is -2.51. The van der Waals surface area contributed by atoms with Crippen molar-refractivity contribution in [1.82, 2.24) is 25.0 Å². The van der Waals surface area contributed by atoms with Crippen LogP contribution in [-0.2, 0) is 19.5 Å². The highest BCUT2D eigenvalue weighted by Gasteiger charge is 2.56. The third-order valence-corrected chi connectivity index (χ3v) is 9.57. The van der Waals surface area contributed by atoms with E-state index in [2.05, 4.69) is 20.0 Å². The van der Waals surface area contributed by atoms with E-state index in [1.54, 1.807) is 35.5 Å². The van der Waals surface area contributed by atoms with Gasteiger partial charge in [-0.05, 0) is 43.5 Å². The summed E-state index contributed by atoms with van der Waals surface area (Å²) < 4.78 is 83.8. The van der Waals surface area contributed by atoms with Crippen molar-refractivity contribution >= 4 is 27.3 Å². The van der Waals surface area contributed by atoms with Crippen molar-refractivity contribution in [3.63, 3.8) is 0 Å². The molecule has 3 aromatic rings. The molecule has 0 spiro atoms. The molecular weight excluding hydrogens is 605 g/mol. The van der Waals surface area contributed by atoms with E-state index < -0.39 is 40.6 Å². The lowest BCUT2D eigenvalue weighted by atomic mass is 9.78. The van der Waals surface area contributed by atoms with Crippen LogP contribution in [-0.4, -0.2) is 109 Å². The number of benzene rings is 1. The molecule has 0 aliphatic carbocycles. The molecule has 4 aliphatic rings. The number of hydrogen-bond acceptors (Lipinski definition) is 11. The van der Waals surface area contributed by atoms with Crippen LogP contribution in [0.4, 0.5) is 30.5 Å². The largest absolute Gasteiger partial charge is 0.396 e. The molecule has 0 saturated carbocycles. The van der Waals surface area contributed by atoms with Crippen LogP contribution >= 0.6 is 0 Å². The van der Waals surface area contributed by atoms with E-state index >= 15 is 0 Å². The fraction of sp³-hybridized carbons (Fsp3) is 0.556. The van der Waals surface area contributed by atoms with Gasteiger partial charge in [0.2, 0.25) is 16.0 Å². The monoisotopic (exact) mass is 638 g/mol. The molecule has 17 heteroatoms. The first kappa shape index (κ1) is 30.5. The van der Waals surface area contributed by atoms with E-state index in [-0.39, 0.29) is 44.3 Å². The first-order valence-corrected chi connectivity index (χ1v) is 16.0. The van der Waals surface area contributed by atoms with Gasteiger partial charge in [-0.3, -0.25) is 4.72 Å². The summed E-state index contributed by atoms with van der Waals surface area (Å²) in [6, 6.07) is 6.43. The number of alkyl halides is 3. The Morgan fingerprint density at radius 1 is 1.07 bits per heavy atom. The molecule has 4 aliphatic heterocycles. The third kappa shape index (κ3) is 6.31. The number of hydrogen-bond donors (Lipinski definition) is 2. The predicted molar refractivity (Wildman–Crippen MR) is 154 cm³/mol. The summed E-state index contributed by atoms with van der Waals surface area (Å²) in [4.78, 5) is 12.9. The van der Waals surface area contributed by atoms with E-state index in [4.69, 9.17) is 19.6 Å². The summed E-state index contributed by atoms with van der Waals surface area (Å²) >= 11 is 0. The highest BCUT2D eigenvalue weighted by molar-refractivity contribution is 7.92. The molecule has 2 aromatic heterocycles. The van der Waals surface area contributed by atoms with Gasteiger partial charge in [0, 0.05) is 39.0 Å². The Hall–Kier alpha value is -3.54. The molecule has 1 unspecified atom stereocenters. The van der Waals surface area contributed by atoms with Gasteiger partial charge in [-0.2, -0.15) is 13.2 Å². The zero-order valence-corrected chi connectivity index (χ0v) is 24.6. The maximum Gasteiger partial charge on any atom is 0.396 e. The molecule has 2 fully saturated rings. The van der Waals surface area contributed by atoms with Crippen LogP contribution in [0.3, 0.4) is 0 Å². The number of halogens is 3. The Labute approximate surface area is 252 Å². The molecular formula is C27H33F3N8O5S. The number of nitrogens with zero attached hydrogens (tertiary/aromatic N) is 7. The van der Waals surface area contributed by atoms with Gasteiger partial charge in [-0.1, -0.05) is 5.21 Å². The van der Waals surface area contributed by atoms with Crippen molar-refractivity contribution in [3.05, 3.63) is 36.7 Å². The summed E-state index contributed by atoms with van der Waals surface area (Å²) in [6.07, 6.45) is -1.44. The van der Waals surface area contributed by atoms with Gasteiger partial charge in [0.15, 0.2) is 0 Å². The average Bonchev–Trinajstić information content (AvgIpc) is 3.49. The van der Waals surface area contributed by atoms with E-state index in [9.17, 15) is 21.6 Å². The molecule has 1 aromatic carbocycles. The number of fused-ring (bicyclic) bond motifs is 5. The number of morpholine rings is 1. The Morgan fingerprint density at radius 3 is 2.66 bits per heavy atom. The average molecular weight is 639 g/mol. The maximum atomic E-state index is 14.5. The fourth-order valence-corrected chi connectivity index (χ4v) is 6.60. The van der Waals surface area contributed by atoms with E-state index in [1.807, 2.05) is 4.90 Å². The van der Waals surface area contributed by atoms with Crippen molar-refractivity contribution in [1.29, 1.82) is 0 Å². The Bertz CT molecular complexity index is 1580. The maximum absolute atomic E-state index is 14.5. The van der Waals surface area contributed by atoms with Crippen molar-refractivity contribution in [2.45, 2.75) is 31.5 Å². The van der Waals surface area contributed by atoms with Crippen molar-refractivity contribution in [2.24, 2.45) is 5.41 Å². The van der Waals surface area contributed by atoms with E-state index in [1.165, 1.54) is 10.7 Å². The predicted octanol–water partition coefficient (Wildman–Crippen LogP) is 2.23. The molecule has 0 amide bonds. The summed E-state index contributed by atoms with van der Waals surface area (Å²) in [6.45, 7) is 0.614. The minimum atomic E-state index is -4.48. The van der Waals surface area contributed by atoms with Crippen LogP contribution in [0.2, 0.25) is 0 Å². The number of nitrogens with one attached hydrogen (secondary N) is 1. The summed E-state index contributed by atoms with van der Waals surface area (Å²) in [5.41, 5.74) is 0.134. The van der Waals surface area contributed by atoms with Crippen molar-refractivity contribution in [2.75, 3.05) is 72.9 Å². The van der Waals surface area contributed by atoms with Gasteiger partial charge in [-0.25, -0.2) is 23.1 Å². The normalized spacial score (nSPS) is 23.0. The lowest BCUT2D eigenvalue weighted by Gasteiger charge is -2.43. The second-order valence-electron chi connectivity index (χ2n) is 11.2. The number of sulfonamides is 1. The minimum absolute atomic E-state index is 0.0419. The molecule has 7 rings (SSSR count). The fourth-order valence-electron chi connectivity index (χ4n) is 5.77. The summed E-state index contributed by atoms with van der Waals surface area (Å²) in [5.74, 6) is -0.0240. The van der Waals surface area contributed by atoms with Gasteiger partial charge in [0.1, 0.15) is 5.69 Å². The minimum Gasteiger partial charge on any atom is -0.395 e. The SMILES string of the molecule is O=S(=O)(CCO)Nc1ccc2c(c1)N1CCC(C(F)(F)F)(CC1)COCCC1CN(CCO1)c1nccc(n1)-c1cn-2nn1. The van der Waals surface area contributed by atoms with Crippen LogP contribution in [0, 0.1) is 5.41 Å². The van der Waals surface area contributed by atoms with Gasteiger partial charge in [-0.15, -0.1) is 5.10 Å². The van der Waals surface area contributed by atoms with Crippen molar-refractivity contribution in [3.8, 4) is 17.1 Å². The molecule has 2 N–H and O–H groups in total. The molecule has 6 heterocycles. The second kappa shape index (κ2) is 12.1. The standard InChI is InChI=1S/C27H33F3N8O5S/c28-27(29,30)26-5-8-36(9-6-26)24-15-19(34-44(40,41)14-11-39)1-2-23(24)38-17-22(33-35-38)21-3-7-31-25(32-21)37-10-13-43-20(16-37)4-12-42-18-26/h1-3,7,15,17,20,34,39H,4-6,8-14,16,18H2. The van der Waals surface area contributed by atoms with Gasteiger partial charge in [0.25, 0.3) is 0 Å². The summed E-state index contributed by atoms with van der Waals surface area (Å²) in [7, 11) is -3.85. The molecule has 238 valence electrons. The number of aliphatic hydroxyl groups is 1. The number of aromatic nitrogens is 5. The third-order valence-electron chi connectivity index (χ3n) is 8.30. The van der Waals surface area contributed by atoms with Crippen LogP contribution in [0.25, 0.3) is 17.1 Å². The number of piperidine rings is 1. The van der Waals surface area contributed by atoms with Gasteiger partial charge < -0.3 is 24.4 Å². The molecule has 13 nitrogen and oxygen atoms in total. The Kier molecular flexibility index (Phi) is 8.38. The topological polar surface area (TPSA) is 148 Å². The van der Waals surface area contributed by atoms with Crippen LogP contribution in [0.5, 0.6) is 0 Å². The van der Waals surface area contributed by atoms with E-state index in [0.717, 1.165) is 0 Å². The highest BCUT2D eigenvalue weighted by Crippen LogP contribution is 2.47. The van der Waals surface area contributed by atoms with Crippen LogP contribution in [0.15, 0.2) is 36.7 Å². The molecule has 1 atom stereocenters. The van der Waals surface area contributed by atoms with Gasteiger partial charge >= 0.3 is 6.18 Å². The number of anilines is 3. The zero-order valence-electron chi connectivity index (χ0n) is 23.8. The molecule has 44 heavy (non-hydrogen) atoms. The first-order chi connectivity index (χ1) is 21.1. The molecule has 8 bridgehead atoms. The second-order valence-corrected chi connectivity index (χ2v) is 13.0. The van der Waals surface area contributed by atoms with Crippen LogP contribution in [0.1, 0.15) is 19.3 Å². The first-order valence-electron chi connectivity index (χ1n) is 14.3. The number of aliphatic hydroxyl groups excluding tert-OH is 1. The quantitative estimate of drug-likeness (QED) is 0.434. The summed E-state index contributed by atoms with van der Waals surface area (Å²) in [5, 5.41) is 17.7. The smallest absolute Gasteiger partial charge is 0.395 e. The van der Waals surface area contributed by atoms with Gasteiger partial charge in [0.05, 0.1) is 66.0 Å². The highest BCUT2D eigenvalue weighted by atomic mass is 32.2. The number of rotatable bonds is 4. The zero-order chi connectivity index (χ0) is 31.0. The lowest BCUT2D eigenvalue weighted by molar-refractivity contribution is -0.247. The Balaban J connectivity index is 1.41. The number of ether oxygens (including phenoxy) is 2.